The molecule has 1 N–H and O–H groups in total. The number of carbonyl (C=O) groups is 1. The van der Waals surface area contributed by atoms with E-state index in [1.165, 1.54) is 0 Å². The summed E-state index contributed by atoms with van der Waals surface area (Å²) < 4.78 is 11.4. The molecule has 1 amide bonds. The molecule has 158 valence electrons. The Bertz CT molecular complexity index is 1250. The molecular weight excluding hydrogens is 435 g/mol. The number of nitrogens with one attached hydrogen (secondary N) is 1. The molecule has 0 saturated carbocycles. The molecule has 0 spiro atoms. The zero-order valence-corrected chi connectivity index (χ0v) is 18.6. The summed E-state index contributed by atoms with van der Waals surface area (Å²) in [6.45, 7) is 3.92. The molecule has 7 heteroatoms. The van der Waals surface area contributed by atoms with Crippen LogP contribution >= 0.6 is 23.2 Å². The largest absolute Gasteiger partial charge is 0.483 e. The van der Waals surface area contributed by atoms with Gasteiger partial charge in [-0.3, -0.25) is 4.79 Å². The van der Waals surface area contributed by atoms with Crippen LogP contribution in [0.4, 0.5) is 5.69 Å². The molecule has 0 aliphatic carbocycles. The average molecular weight is 455 g/mol. The van der Waals surface area contributed by atoms with Crippen LogP contribution < -0.4 is 10.1 Å². The maximum Gasteiger partial charge on any atom is 0.262 e. The summed E-state index contributed by atoms with van der Waals surface area (Å²) in [5, 5.41) is 3.78. The number of aromatic nitrogens is 1. The SMILES string of the molecule is Cc1cccc(OCC(=O)Nc2ccc(Cc3nc4cc(Cl)cc(Cl)c4o3)cc2)c1C. The van der Waals surface area contributed by atoms with Gasteiger partial charge in [-0.2, -0.15) is 0 Å². The van der Waals surface area contributed by atoms with E-state index < -0.39 is 0 Å². The van der Waals surface area contributed by atoms with Crippen molar-refractivity contribution >= 4 is 45.9 Å². The fourth-order valence-corrected chi connectivity index (χ4v) is 3.70. The summed E-state index contributed by atoms with van der Waals surface area (Å²) in [7, 11) is 0. The van der Waals surface area contributed by atoms with E-state index in [0.29, 0.717) is 44.9 Å². The summed E-state index contributed by atoms with van der Waals surface area (Å²) in [5.74, 6) is 1.03. The van der Waals surface area contributed by atoms with E-state index in [-0.39, 0.29) is 12.5 Å². The van der Waals surface area contributed by atoms with Crippen LogP contribution in [0.25, 0.3) is 11.1 Å². The Labute approximate surface area is 189 Å². The van der Waals surface area contributed by atoms with Crippen LogP contribution in [0.5, 0.6) is 5.75 Å². The Hall–Kier alpha value is -3.02. The van der Waals surface area contributed by atoms with E-state index >= 15 is 0 Å². The monoisotopic (exact) mass is 454 g/mol. The van der Waals surface area contributed by atoms with Crippen molar-refractivity contribution in [3.63, 3.8) is 0 Å². The zero-order valence-electron chi connectivity index (χ0n) is 17.0. The molecular formula is C24H20Cl2N2O3. The number of fused-ring (bicyclic) bond motifs is 1. The van der Waals surface area contributed by atoms with E-state index in [1.807, 2.05) is 56.3 Å². The predicted molar refractivity (Wildman–Crippen MR) is 123 cm³/mol. The first-order valence-corrected chi connectivity index (χ1v) is 10.5. The molecule has 3 aromatic carbocycles. The number of halogens is 2. The van der Waals surface area contributed by atoms with Gasteiger partial charge in [0.05, 0.1) is 5.02 Å². The van der Waals surface area contributed by atoms with Crippen LogP contribution in [0, 0.1) is 13.8 Å². The predicted octanol–water partition coefficient (Wildman–Crippen LogP) is 6.36. The van der Waals surface area contributed by atoms with E-state index in [4.69, 9.17) is 32.4 Å². The molecule has 1 aromatic heterocycles. The number of aryl methyl sites for hydroxylation is 1. The molecule has 0 fully saturated rings. The van der Waals surface area contributed by atoms with Gasteiger partial charge in [-0.15, -0.1) is 0 Å². The van der Waals surface area contributed by atoms with Crippen molar-refractivity contribution in [2.75, 3.05) is 11.9 Å². The number of hydrogen-bond donors (Lipinski definition) is 1. The van der Waals surface area contributed by atoms with E-state index in [1.54, 1.807) is 12.1 Å². The van der Waals surface area contributed by atoms with Gasteiger partial charge in [0, 0.05) is 17.1 Å². The fourth-order valence-electron chi connectivity index (χ4n) is 3.18. The molecule has 1 heterocycles. The van der Waals surface area contributed by atoms with E-state index in [9.17, 15) is 4.79 Å². The average Bonchev–Trinajstić information content (AvgIpc) is 3.13. The molecule has 4 rings (SSSR count). The minimum Gasteiger partial charge on any atom is -0.483 e. The van der Waals surface area contributed by atoms with Crippen LogP contribution in [0.15, 0.2) is 59.0 Å². The standard InChI is InChI=1S/C24H20Cl2N2O3/c1-14-4-3-5-21(15(14)2)30-13-22(29)27-18-8-6-16(7-9-18)10-23-28-20-12-17(25)11-19(26)24(20)31-23/h3-9,11-12H,10,13H2,1-2H3,(H,27,29). The molecule has 5 nitrogen and oxygen atoms in total. The molecule has 0 bridgehead atoms. The van der Waals surface area contributed by atoms with Crippen LogP contribution in [0.3, 0.4) is 0 Å². The molecule has 31 heavy (non-hydrogen) atoms. The number of nitrogens with zero attached hydrogens (tertiary/aromatic N) is 1. The minimum atomic E-state index is -0.223. The maximum absolute atomic E-state index is 12.2. The molecule has 0 aliphatic heterocycles. The molecule has 0 atom stereocenters. The van der Waals surface area contributed by atoms with Crippen LogP contribution in [0.1, 0.15) is 22.6 Å². The first-order valence-electron chi connectivity index (χ1n) is 9.71. The van der Waals surface area contributed by atoms with Gasteiger partial charge in [0.15, 0.2) is 18.1 Å². The normalized spacial score (nSPS) is 11.0. The highest BCUT2D eigenvalue weighted by Crippen LogP contribution is 2.29. The van der Waals surface area contributed by atoms with Gasteiger partial charge in [0.1, 0.15) is 11.3 Å². The highest BCUT2D eigenvalue weighted by molar-refractivity contribution is 6.37. The third-order valence-corrected chi connectivity index (χ3v) is 5.46. The summed E-state index contributed by atoms with van der Waals surface area (Å²) in [4.78, 5) is 16.7. The van der Waals surface area contributed by atoms with Gasteiger partial charge < -0.3 is 14.5 Å². The second kappa shape index (κ2) is 9.00. The van der Waals surface area contributed by atoms with Gasteiger partial charge in [-0.25, -0.2) is 4.98 Å². The first kappa shape index (κ1) is 21.2. The van der Waals surface area contributed by atoms with Crippen LogP contribution in [-0.4, -0.2) is 17.5 Å². The lowest BCUT2D eigenvalue weighted by Crippen LogP contribution is -2.20. The third kappa shape index (κ3) is 5.01. The molecule has 4 aromatic rings. The quantitative estimate of drug-likeness (QED) is 0.368. The van der Waals surface area contributed by atoms with Gasteiger partial charge in [-0.05, 0) is 60.9 Å². The number of oxazole rings is 1. The van der Waals surface area contributed by atoms with Crippen molar-refractivity contribution in [2.24, 2.45) is 0 Å². The van der Waals surface area contributed by atoms with Gasteiger partial charge >= 0.3 is 0 Å². The fraction of sp³-hybridized carbons (Fsp3) is 0.167. The number of rotatable bonds is 6. The second-order valence-electron chi connectivity index (χ2n) is 7.25. The number of hydrogen-bond acceptors (Lipinski definition) is 4. The summed E-state index contributed by atoms with van der Waals surface area (Å²) in [6.07, 6.45) is 0.493. The van der Waals surface area contributed by atoms with Gasteiger partial charge in [0.25, 0.3) is 5.91 Å². The van der Waals surface area contributed by atoms with E-state index in [2.05, 4.69) is 10.3 Å². The highest BCUT2D eigenvalue weighted by Gasteiger charge is 2.12. The Balaban J connectivity index is 1.36. The lowest BCUT2D eigenvalue weighted by Gasteiger charge is -2.11. The number of ether oxygens (including phenoxy) is 1. The Morgan fingerprint density at radius 3 is 2.65 bits per heavy atom. The van der Waals surface area contributed by atoms with Crippen molar-refractivity contribution in [2.45, 2.75) is 20.3 Å². The maximum atomic E-state index is 12.2. The van der Waals surface area contributed by atoms with Crippen LogP contribution in [0.2, 0.25) is 10.0 Å². The summed E-state index contributed by atoms with van der Waals surface area (Å²) >= 11 is 12.2. The minimum absolute atomic E-state index is 0.0573. The third-order valence-electron chi connectivity index (χ3n) is 4.96. The number of anilines is 1. The van der Waals surface area contributed by atoms with Crippen LogP contribution in [-0.2, 0) is 11.2 Å². The van der Waals surface area contributed by atoms with Crippen molar-refractivity contribution in [3.05, 3.63) is 87.2 Å². The summed E-state index contributed by atoms with van der Waals surface area (Å²) in [5.41, 5.74) is 4.97. The second-order valence-corrected chi connectivity index (χ2v) is 8.10. The molecule has 0 aliphatic rings. The lowest BCUT2D eigenvalue weighted by molar-refractivity contribution is -0.118. The summed E-state index contributed by atoms with van der Waals surface area (Å²) in [6, 6.07) is 16.6. The topological polar surface area (TPSA) is 64.4 Å². The lowest BCUT2D eigenvalue weighted by atomic mass is 10.1. The van der Waals surface area contributed by atoms with Gasteiger partial charge in [0.2, 0.25) is 0 Å². The molecule has 0 unspecified atom stereocenters. The van der Waals surface area contributed by atoms with E-state index in [0.717, 1.165) is 16.7 Å². The zero-order chi connectivity index (χ0) is 22.0. The Kier molecular flexibility index (Phi) is 6.16. The Morgan fingerprint density at radius 2 is 1.87 bits per heavy atom. The molecule has 0 saturated heterocycles. The number of benzene rings is 3. The molecule has 0 radical (unpaired) electrons. The smallest absolute Gasteiger partial charge is 0.262 e. The van der Waals surface area contributed by atoms with Crippen molar-refractivity contribution in [3.8, 4) is 5.75 Å². The van der Waals surface area contributed by atoms with Crippen molar-refractivity contribution in [1.82, 2.24) is 4.98 Å². The highest BCUT2D eigenvalue weighted by atomic mass is 35.5. The van der Waals surface area contributed by atoms with Crippen molar-refractivity contribution < 1.29 is 13.9 Å². The van der Waals surface area contributed by atoms with Crippen molar-refractivity contribution in [1.29, 1.82) is 0 Å². The number of carbonyl (C=O) groups excluding carboxylic acids is 1. The Morgan fingerprint density at radius 1 is 1.10 bits per heavy atom. The first-order chi connectivity index (χ1) is 14.9. The number of amides is 1. The van der Waals surface area contributed by atoms with Gasteiger partial charge in [-0.1, -0.05) is 47.5 Å².